The number of nitrogens with zero attached hydrogens (tertiary/aromatic N) is 3. The van der Waals surface area contributed by atoms with Crippen LogP contribution in [0.25, 0.3) is 0 Å². The number of sulfonamides is 1. The highest BCUT2D eigenvalue weighted by Gasteiger charge is 2.33. The summed E-state index contributed by atoms with van der Waals surface area (Å²) in [5.41, 5.74) is 0.386. The Bertz CT molecular complexity index is 840. The first kappa shape index (κ1) is 20.6. The molecular formula is C20H29N3O5S. The van der Waals surface area contributed by atoms with Gasteiger partial charge in [0.15, 0.2) is 0 Å². The van der Waals surface area contributed by atoms with Gasteiger partial charge < -0.3 is 9.64 Å². The van der Waals surface area contributed by atoms with Crippen molar-refractivity contribution < 1.29 is 18.1 Å². The molecule has 160 valence electrons. The standard InChI is InChI=1S/C20H29N3O5S/c24-23(25)19-15-17(29(26,27)22-10-2-1-3-11-22)6-7-18(19)21-12-8-16(9-13-21)20-5-4-14-28-20/h6-7,15-16,20H,1-5,8-14H2. The smallest absolute Gasteiger partial charge is 0.293 e. The van der Waals surface area contributed by atoms with Crippen LogP contribution in [-0.2, 0) is 14.8 Å². The maximum atomic E-state index is 12.9. The third-order valence-corrected chi connectivity index (χ3v) is 8.36. The first-order valence-electron chi connectivity index (χ1n) is 10.6. The normalized spacial score (nSPS) is 24.7. The van der Waals surface area contributed by atoms with Crippen LogP contribution in [-0.4, -0.2) is 56.5 Å². The second-order valence-electron chi connectivity index (χ2n) is 8.25. The second-order valence-corrected chi connectivity index (χ2v) is 10.2. The number of nitro groups is 1. The molecule has 4 rings (SSSR count). The van der Waals surface area contributed by atoms with Crippen LogP contribution in [0.3, 0.4) is 0 Å². The lowest BCUT2D eigenvalue weighted by atomic mass is 9.89. The van der Waals surface area contributed by atoms with E-state index in [0.29, 0.717) is 30.8 Å². The van der Waals surface area contributed by atoms with E-state index in [2.05, 4.69) is 0 Å². The lowest BCUT2D eigenvalue weighted by molar-refractivity contribution is -0.384. The highest BCUT2D eigenvalue weighted by molar-refractivity contribution is 7.89. The summed E-state index contributed by atoms with van der Waals surface area (Å²) in [6.07, 6.45) is 7.11. The second kappa shape index (κ2) is 8.57. The van der Waals surface area contributed by atoms with Crippen molar-refractivity contribution in [1.82, 2.24) is 4.31 Å². The molecule has 3 heterocycles. The number of nitro benzene ring substituents is 1. The molecule has 0 amide bonds. The molecule has 0 radical (unpaired) electrons. The zero-order chi connectivity index (χ0) is 20.4. The van der Waals surface area contributed by atoms with Crippen molar-refractivity contribution in [3.63, 3.8) is 0 Å². The zero-order valence-corrected chi connectivity index (χ0v) is 17.5. The molecule has 3 saturated heterocycles. The molecule has 0 bridgehead atoms. The van der Waals surface area contributed by atoms with Gasteiger partial charge in [-0.3, -0.25) is 10.1 Å². The van der Waals surface area contributed by atoms with E-state index in [0.717, 1.165) is 64.6 Å². The minimum Gasteiger partial charge on any atom is -0.378 e. The Balaban J connectivity index is 1.53. The largest absolute Gasteiger partial charge is 0.378 e. The molecule has 3 aliphatic heterocycles. The number of benzene rings is 1. The molecule has 1 aromatic carbocycles. The van der Waals surface area contributed by atoms with Crippen LogP contribution in [0, 0.1) is 16.0 Å². The summed E-state index contributed by atoms with van der Waals surface area (Å²) in [6.45, 7) is 3.25. The van der Waals surface area contributed by atoms with Crippen molar-refractivity contribution >= 4 is 21.4 Å². The molecule has 0 aliphatic carbocycles. The number of ether oxygens (including phenoxy) is 1. The zero-order valence-electron chi connectivity index (χ0n) is 16.7. The summed E-state index contributed by atoms with van der Waals surface area (Å²) >= 11 is 0. The molecule has 8 nitrogen and oxygen atoms in total. The topological polar surface area (TPSA) is 93.0 Å². The van der Waals surface area contributed by atoms with Crippen molar-refractivity contribution in [3.8, 4) is 0 Å². The molecule has 1 unspecified atom stereocenters. The van der Waals surface area contributed by atoms with Gasteiger partial charge in [-0.1, -0.05) is 6.42 Å². The lowest BCUT2D eigenvalue weighted by Crippen LogP contribution is -2.38. The monoisotopic (exact) mass is 423 g/mol. The lowest BCUT2D eigenvalue weighted by Gasteiger charge is -2.35. The van der Waals surface area contributed by atoms with Gasteiger partial charge in [-0.25, -0.2) is 8.42 Å². The van der Waals surface area contributed by atoms with Gasteiger partial charge in [0.05, 0.1) is 15.9 Å². The van der Waals surface area contributed by atoms with Crippen molar-refractivity contribution in [1.29, 1.82) is 0 Å². The Morgan fingerprint density at radius 2 is 1.72 bits per heavy atom. The Morgan fingerprint density at radius 3 is 2.34 bits per heavy atom. The van der Waals surface area contributed by atoms with E-state index in [4.69, 9.17) is 4.74 Å². The molecule has 0 aromatic heterocycles. The Labute approximate surface area is 172 Å². The molecule has 9 heteroatoms. The average Bonchev–Trinajstić information content (AvgIpc) is 3.29. The van der Waals surface area contributed by atoms with E-state index in [9.17, 15) is 18.5 Å². The maximum Gasteiger partial charge on any atom is 0.293 e. The Morgan fingerprint density at radius 1 is 1.00 bits per heavy atom. The van der Waals surface area contributed by atoms with E-state index >= 15 is 0 Å². The number of hydrogen-bond acceptors (Lipinski definition) is 6. The first-order valence-corrected chi connectivity index (χ1v) is 12.1. The highest BCUT2D eigenvalue weighted by Crippen LogP contribution is 2.36. The molecule has 3 aliphatic rings. The van der Waals surface area contributed by atoms with Gasteiger partial charge in [-0.2, -0.15) is 4.31 Å². The minimum absolute atomic E-state index is 0.0177. The number of hydrogen-bond donors (Lipinski definition) is 0. The number of piperidine rings is 2. The summed E-state index contributed by atoms with van der Waals surface area (Å²) in [4.78, 5) is 13.3. The van der Waals surface area contributed by atoms with E-state index in [1.807, 2.05) is 4.90 Å². The fourth-order valence-corrected chi connectivity index (χ4v) is 6.36. The fraction of sp³-hybridized carbons (Fsp3) is 0.700. The van der Waals surface area contributed by atoms with Crippen LogP contribution >= 0.6 is 0 Å². The predicted octanol–water partition coefficient (Wildman–Crippen LogP) is 3.16. The summed E-state index contributed by atoms with van der Waals surface area (Å²) in [7, 11) is -3.69. The molecule has 0 saturated carbocycles. The van der Waals surface area contributed by atoms with Crippen molar-refractivity contribution in [3.05, 3.63) is 28.3 Å². The van der Waals surface area contributed by atoms with E-state index in [1.54, 1.807) is 6.07 Å². The van der Waals surface area contributed by atoms with Crippen molar-refractivity contribution in [2.45, 2.75) is 55.9 Å². The SMILES string of the molecule is O=[N+]([O-])c1cc(S(=O)(=O)N2CCCCC2)ccc1N1CCC(C2CCCO2)CC1. The average molecular weight is 424 g/mol. The molecular weight excluding hydrogens is 394 g/mol. The third-order valence-electron chi connectivity index (χ3n) is 6.47. The van der Waals surface area contributed by atoms with Gasteiger partial charge in [0.25, 0.3) is 5.69 Å². The van der Waals surface area contributed by atoms with Crippen LogP contribution in [0.4, 0.5) is 11.4 Å². The molecule has 0 spiro atoms. The summed E-state index contributed by atoms with van der Waals surface area (Å²) in [6, 6.07) is 4.38. The molecule has 1 aromatic rings. The van der Waals surface area contributed by atoms with Crippen LogP contribution in [0.15, 0.2) is 23.1 Å². The van der Waals surface area contributed by atoms with Crippen LogP contribution in [0.1, 0.15) is 44.9 Å². The van der Waals surface area contributed by atoms with Gasteiger partial charge in [-0.05, 0) is 56.6 Å². The summed E-state index contributed by atoms with van der Waals surface area (Å²) in [5.74, 6) is 0.506. The van der Waals surface area contributed by atoms with Crippen molar-refractivity contribution in [2.75, 3.05) is 37.7 Å². The Hall–Kier alpha value is -1.71. The molecule has 1 atom stereocenters. The van der Waals surface area contributed by atoms with Gasteiger partial charge in [0.2, 0.25) is 10.0 Å². The molecule has 0 N–H and O–H groups in total. The van der Waals surface area contributed by atoms with Crippen molar-refractivity contribution in [2.24, 2.45) is 5.92 Å². The molecule has 3 fully saturated rings. The fourth-order valence-electron chi connectivity index (χ4n) is 4.82. The van der Waals surface area contributed by atoms with Crippen LogP contribution in [0.5, 0.6) is 0 Å². The van der Waals surface area contributed by atoms with Gasteiger partial charge in [-0.15, -0.1) is 0 Å². The van der Waals surface area contributed by atoms with Gasteiger partial charge >= 0.3 is 0 Å². The quantitative estimate of drug-likeness (QED) is 0.533. The molecule has 29 heavy (non-hydrogen) atoms. The summed E-state index contributed by atoms with van der Waals surface area (Å²) < 4.78 is 33.1. The van der Waals surface area contributed by atoms with E-state index in [1.165, 1.54) is 16.4 Å². The Kier molecular flexibility index (Phi) is 6.08. The first-order chi connectivity index (χ1) is 14.0. The maximum absolute atomic E-state index is 12.9. The number of rotatable bonds is 5. The van der Waals surface area contributed by atoms with E-state index < -0.39 is 14.9 Å². The highest BCUT2D eigenvalue weighted by atomic mass is 32.2. The minimum atomic E-state index is -3.69. The van der Waals surface area contributed by atoms with Gasteiger partial charge in [0, 0.05) is 38.9 Å². The van der Waals surface area contributed by atoms with Crippen LogP contribution in [0.2, 0.25) is 0 Å². The summed E-state index contributed by atoms with van der Waals surface area (Å²) in [5, 5.41) is 11.7. The van der Waals surface area contributed by atoms with Gasteiger partial charge in [0.1, 0.15) is 5.69 Å². The van der Waals surface area contributed by atoms with E-state index in [-0.39, 0.29) is 10.6 Å². The third kappa shape index (κ3) is 4.27. The predicted molar refractivity (Wildman–Crippen MR) is 110 cm³/mol. The number of anilines is 1. The van der Waals surface area contributed by atoms with Crippen LogP contribution < -0.4 is 4.90 Å².